The van der Waals surface area contributed by atoms with Gasteiger partial charge in [0.1, 0.15) is 0 Å². The molecular formula is C20H34N2O. The largest absolute Gasteiger partial charge is 0.391 e. The molecule has 0 spiro atoms. The maximum atomic E-state index is 9.72. The molecule has 4 N–H and O–H groups in total. The summed E-state index contributed by atoms with van der Waals surface area (Å²) in [6.07, 6.45) is 24.7. The van der Waals surface area contributed by atoms with E-state index in [9.17, 15) is 5.11 Å². The average molecular weight is 319 g/mol. The van der Waals surface area contributed by atoms with Crippen molar-refractivity contribution in [2.24, 2.45) is 5.73 Å². The van der Waals surface area contributed by atoms with Gasteiger partial charge in [-0.05, 0) is 32.1 Å². The van der Waals surface area contributed by atoms with Gasteiger partial charge in [0, 0.05) is 18.6 Å². The number of allylic oxidation sites excluding steroid dienone is 7. The number of aliphatic hydroxyl groups excluding tert-OH is 1. The minimum Gasteiger partial charge on any atom is -0.391 e. The zero-order valence-corrected chi connectivity index (χ0v) is 14.5. The van der Waals surface area contributed by atoms with Crippen LogP contribution in [-0.4, -0.2) is 29.8 Å². The lowest BCUT2D eigenvalue weighted by molar-refractivity contribution is 0.105. The highest BCUT2D eigenvalue weighted by Crippen LogP contribution is 2.09. The molecular weight excluding hydrogens is 284 g/mol. The fourth-order valence-corrected chi connectivity index (χ4v) is 2.49. The van der Waals surface area contributed by atoms with E-state index < -0.39 is 6.10 Å². The van der Waals surface area contributed by atoms with Gasteiger partial charge in [0.15, 0.2) is 0 Å². The first-order valence-corrected chi connectivity index (χ1v) is 9.06. The fourth-order valence-electron chi connectivity index (χ4n) is 2.49. The van der Waals surface area contributed by atoms with Gasteiger partial charge < -0.3 is 16.2 Å². The van der Waals surface area contributed by atoms with Crippen LogP contribution in [0.3, 0.4) is 0 Å². The van der Waals surface area contributed by atoms with E-state index in [1.54, 1.807) is 0 Å². The fraction of sp³-hybridized carbons (Fsp3) is 0.600. The normalized spacial score (nSPS) is 26.3. The number of nitrogens with two attached hydrogens (primary N) is 1. The molecule has 0 aromatic rings. The Morgan fingerprint density at radius 2 is 1.61 bits per heavy atom. The van der Waals surface area contributed by atoms with E-state index in [0.29, 0.717) is 13.0 Å². The van der Waals surface area contributed by atoms with E-state index in [1.807, 2.05) is 0 Å². The Bertz CT molecular complexity index is 398. The Balaban J connectivity index is 2.03. The zero-order chi connectivity index (χ0) is 16.8. The minimum atomic E-state index is -0.391. The molecule has 0 saturated carbocycles. The Hall–Kier alpha value is -1.16. The highest BCUT2D eigenvalue weighted by Gasteiger charge is 2.23. The monoisotopic (exact) mass is 318 g/mol. The zero-order valence-electron chi connectivity index (χ0n) is 14.5. The van der Waals surface area contributed by atoms with Crippen LogP contribution in [0.4, 0.5) is 0 Å². The Labute approximate surface area is 142 Å². The van der Waals surface area contributed by atoms with Crippen molar-refractivity contribution in [3.63, 3.8) is 0 Å². The number of aliphatic hydroxyl groups is 1. The quantitative estimate of drug-likeness (QED) is 0.426. The SMILES string of the molecule is CCCC/C=C/C=C/CCC/C=C/C=C/[C@@H]1C[C@H](O)C(N)CN1. The second kappa shape index (κ2) is 13.3. The predicted molar refractivity (Wildman–Crippen MR) is 100 cm³/mol. The molecule has 23 heavy (non-hydrogen) atoms. The lowest BCUT2D eigenvalue weighted by Crippen LogP contribution is -2.53. The van der Waals surface area contributed by atoms with Gasteiger partial charge in [0.2, 0.25) is 0 Å². The van der Waals surface area contributed by atoms with Gasteiger partial charge in [-0.15, -0.1) is 0 Å². The van der Waals surface area contributed by atoms with E-state index in [4.69, 9.17) is 5.73 Å². The summed E-state index contributed by atoms with van der Waals surface area (Å²) in [6, 6.07) is 0.0987. The molecule has 1 aliphatic rings. The predicted octanol–water partition coefficient (Wildman–Crippen LogP) is 3.62. The average Bonchev–Trinajstić information content (AvgIpc) is 2.55. The van der Waals surface area contributed by atoms with Crippen LogP contribution in [0.25, 0.3) is 0 Å². The van der Waals surface area contributed by atoms with Gasteiger partial charge >= 0.3 is 0 Å². The number of hydrogen-bond acceptors (Lipinski definition) is 3. The van der Waals surface area contributed by atoms with Crippen LogP contribution in [0, 0.1) is 0 Å². The molecule has 1 rings (SSSR count). The van der Waals surface area contributed by atoms with Crippen molar-refractivity contribution in [1.29, 1.82) is 0 Å². The van der Waals surface area contributed by atoms with Gasteiger partial charge in [-0.3, -0.25) is 0 Å². The molecule has 3 atom stereocenters. The summed E-state index contributed by atoms with van der Waals surface area (Å²) in [7, 11) is 0. The molecule has 1 unspecified atom stereocenters. The van der Waals surface area contributed by atoms with Crippen LogP contribution in [0.2, 0.25) is 0 Å². The van der Waals surface area contributed by atoms with Crippen molar-refractivity contribution < 1.29 is 5.11 Å². The Morgan fingerprint density at radius 1 is 1.00 bits per heavy atom. The Morgan fingerprint density at radius 3 is 2.22 bits per heavy atom. The van der Waals surface area contributed by atoms with E-state index in [1.165, 1.54) is 25.7 Å². The van der Waals surface area contributed by atoms with Crippen LogP contribution in [0.5, 0.6) is 0 Å². The highest BCUT2D eigenvalue weighted by atomic mass is 16.3. The molecule has 0 radical (unpaired) electrons. The molecule has 1 saturated heterocycles. The third kappa shape index (κ3) is 10.3. The van der Waals surface area contributed by atoms with E-state index in [2.05, 4.69) is 60.8 Å². The first-order chi connectivity index (χ1) is 11.2. The van der Waals surface area contributed by atoms with Gasteiger partial charge in [-0.1, -0.05) is 68.4 Å². The van der Waals surface area contributed by atoms with Gasteiger partial charge in [0.25, 0.3) is 0 Å². The standard InChI is InChI=1S/C20H34N2O/c1-2-3-4-5-6-7-8-9-10-11-12-13-14-15-18-16-20(23)19(21)17-22-18/h5-8,12-15,18-20,22-23H,2-4,9-11,16-17,21H2,1H3/b6-5+,8-7+,13-12+,15-14+/t18-,19?,20+/m1/s1. The topological polar surface area (TPSA) is 58.3 Å². The second-order valence-corrected chi connectivity index (χ2v) is 6.22. The van der Waals surface area contributed by atoms with Crippen LogP contribution in [0.1, 0.15) is 51.9 Å². The number of rotatable bonds is 10. The molecule has 0 amide bonds. The van der Waals surface area contributed by atoms with Gasteiger partial charge in [-0.2, -0.15) is 0 Å². The maximum Gasteiger partial charge on any atom is 0.0721 e. The second-order valence-electron chi connectivity index (χ2n) is 6.22. The molecule has 0 aromatic carbocycles. The third-order valence-corrected chi connectivity index (χ3v) is 4.05. The summed E-state index contributed by atoms with van der Waals surface area (Å²) in [5.74, 6) is 0. The minimum absolute atomic E-state index is 0.135. The van der Waals surface area contributed by atoms with Crippen molar-refractivity contribution in [3.05, 3.63) is 48.6 Å². The molecule has 3 heteroatoms. The van der Waals surface area contributed by atoms with E-state index in [0.717, 1.165) is 12.8 Å². The smallest absolute Gasteiger partial charge is 0.0721 e. The Kier molecular flexibility index (Phi) is 11.5. The van der Waals surface area contributed by atoms with Crippen molar-refractivity contribution in [3.8, 4) is 0 Å². The van der Waals surface area contributed by atoms with E-state index >= 15 is 0 Å². The molecule has 0 aliphatic carbocycles. The van der Waals surface area contributed by atoms with Gasteiger partial charge in [0.05, 0.1) is 6.10 Å². The molecule has 1 heterocycles. The molecule has 0 bridgehead atoms. The first kappa shape index (κ1) is 19.9. The van der Waals surface area contributed by atoms with Gasteiger partial charge in [-0.25, -0.2) is 0 Å². The maximum absolute atomic E-state index is 9.72. The molecule has 3 nitrogen and oxygen atoms in total. The summed E-state index contributed by atoms with van der Waals surface area (Å²) in [4.78, 5) is 0. The summed E-state index contributed by atoms with van der Waals surface area (Å²) in [5, 5.41) is 13.0. The number of piperidine rings is 1. The van der Waals surface area contributed by atoms with Crippen molar-refractivity contribution in [2.75, 3.05) is 6.54 Å². The lowest BCUT2D eigenvalue weighted by Gasteiger charge is -2.30. The van der Waals surface area contributed by atoms with Crippen LogP contribution in [0.15, 0.2) is 48.6 Å². The number of unbranched alkanes of at least 4 members (excludes halogenated alkanes) is 4. The summed E-state index contributed by atoms with van der Waals surface area (Å²) >= 11 is 0. The summed E-state index contributed by atoms with van der Waals surface area (Å²) in [5.41, 5.74) is 5.75. The van der Waals surface area contributed by atoms with Crippen LogP contribution >= 0.6 is 0 Å². The third-order valence-electron chi connectivity index (χ3n) is 4.05. The molecule has 130 valence electrons. The molecule has 1 aliphatic heterocycles. The number of nitrogens with one attached hydrogen (secondary N) is 1. The first-order valence-electron chi connectivity index (χ1n) is 9.06. The van der Waals surface area contributed by atoms with Crippen molar-refractivity contribution in [1.82, 2.24) is 5.32 Å². The van der Waals surface area contributed by atoms with Crippen LogP contribution in [-0.2, 0) is 0 Å². The summed E-state index contributed by atoms with van der Waals surface area (Å²) in [6.45, 7) is 2.90. The molecule has 1 fully saturated rings. The lowest BCUT2D eigenvalue weighted by atomic mass is 9.98. The van der Waals surface area contributed by atoms with Crippen molar-refractivity contribution >= 4 is 0 Å². The molecule has 0 aromatic heterocycles. The number of hydrogen-bond donors (Lipinski definition) is 3. The van der Waals surface area contributed by atoms with E-state index in [-0.39, 0.29) is 12.1 Å². The highest BCUT2D eigenvalue weighted by molar-refractivity contribution is 5.08. The van der Waals surface area contributed by atoms with Crippen LogP contribution < -0.4 is 11.1 Å². The van der Waals surface area contributed by atoms with Crippen molar-refractivity contribution in [2.45, 2.75) is 70.1 Å². The summed E-state index contributed by atoms with van der Waals surface area (Å²) < 4.78 is 0.